The van der Waals surface area contributed by atoms with Gasteiger partial charge in [0.15, 0.2) is 8.32 Å². The highest BCUT2D eigenvalue weighted by Crippen LogP contribution is 2.37. The van der Waals surface area contributed by atoms with Gasteiger partial charge < -0.3 is 13.9 Å². The summed E-state index contributed by atoms with van der Waals surface area (Å²) < 4.78 is 16.6. The van der Waals surface area contributed by atoms with Gasteiger partial charge in [-0.15, -0.1) is 0 Å². The van der Waals surface area contributed by atoms with Crippen molar-refractivity contribution < 1.29 is 18.7 Å². The van der Waals surface area contributed by atoms with Crippen LogP contribution < -0.4 is 4.74 Å². The van der Waals surface area contributed by atoms with Gasteiger partial charge in [-0.05, 0) is 47.8 Å². The molecule has 5 nitrogen and oxygen atoms in total. The smallest absolute Gasteiger partial charge is 0.413 e. The summed E-state index contributed by atoms with van der Waals surface area (Å²) >= 11 is 0. The number of hydrogen-bond acceptors (Lipinski definition) is 4. The van der Waals surface area contributed by atoms with Gasteiger partial charge in [-0.3, -0.25) is 4.90 Å². The molecule has 0 saturated carbocycles. The Kier molecular flexibility index (Phi) is 6.52. The molecule has 0 radical (unpaired) electrons. The van der Waals surface area contributed by atoms with Crippen molar-refractivity contribution in [2.75, 3.05) is 26.9 Å². The quantitative estimate of drug-likeness (QED) is 0.634. The van der Waals surface area contributed by atoms with Crippen LogP contribution >= 0.6 is 0 Å². The normalized spacial score (nSPS) is 16.0. The van der Waals surface area contributed by atoms with E-state index in [4.69, 9.17) is 13.9 Å². The number of benzene rings is 1. The van der Waals surface area contributed by atoms with Crippen LogP contribution in [0, 0.1) is 0 Å². The Morgan fingerprint density at radius 3 is 2.42 bits per heavy atom. The number of rotatable bonds is 7. The summed E-state index contributed by atoms with van der Waals surface area (Å²) in [7, 11) is -0.146. The topological polar surface area (TPSA) is 48.0 Å². The van der Waals surface area contributed by atoms with E-state index in [-0.39, 0.29) is 11.1 Å². The van der Waals surface area contributed by atoms with Gasteiger partial charge in [-0.2, -0.15) is 0 Å². The second kappa shape index (κ2) is 8.27. The van der Waals surface area contributed by atoms with Crippen molar-refractivity contribution in [3.63, 3.8) is 0 Å². The van der Waals surface area contributed by atoms with Gasteiger partial charge in [-0.25, -0.2) is 4.79 Å². The zero-order valence-electron chi connectivity index (χ0n) is 16.8. The van der Waals surface area contributed by atoms with Crippen molar-refractivity contribution in [2.24, 2.45) is 0 Å². The molecule has 1 heterocycles. The predicted molar refractivity (Wildman–Crippen MR) is 107 cm³/mol. The van der Waals surface area contributed by atoms with Crippen molar-refractivity contribution in [1.29, 1.82) is 0 Å². The van der Waals surface area contributed by atoms with Gasteiger partial charge in [0, 0.05) is 12.8 Å². The summed E-state index contributed by atoms with van der Waals surface area (Å²) in [5.41, 5.74) is 2.12. The Hall–Kier alpha value is -1.79. The van der Waals surface area contributed by atoms with Crippen LogP contribution in [0.5, 0.6) is 5.75 Å². The fraction of sp³-hybridized carbons (Fsp3) is 0.550. The Labute approximate surface area is 158 Å². The molecule has 6 heteroatoms. The Bertz CT molecular complexity index is 647. The molecule has 1 fully saturated rings. The summed E-state index contributed by atoms with van der Waals surface area (Å²) in [5.74, 6) is 0.811. The maximum absolute atomic E-state index is 11.8. The number of ether oxygens (including phenoxy) is 2. The molecule has 1 aliphatic rings. The van der Waals surface area contributed by atoms with Crippen LogP contribution in [0.25, 0.3) is 5.57 Å². The first kappa shape index (κ1) is 20.5. The van der Waals surface area contributed by atoms with Crippen molar-refractivity contribution in [1.82, 2.24) is 4.90 Å². The monoisotopic (exact) mass is 377 g/mol. The maximum Gasteiger partial charge on any atom is 0.413 e. The van der Waals surface area contributed by atoms with Gasteiger partial charge in [0.25, 0.3) is 0 Å². The zero-order valence-corrected chi connectivity index (χ0v) is 17.8. The Balaban J connectivity index is 2.15. The van der Waals surface area contributed by atoms with E-state index < -0.39 is 8.32 Å². The van der Waals surface area contributed by atoms with Crippen LogP contribution in [-0.4, -0.2) is 46.2 Å². The number of amides is 1. The maximum atomic E-state index is 11.8. The number of carbonyl (C=O) groups excluding carboxylic acids is 1. The van der Waals surface area contributed by atoms with Crippen LogP contribution in [0.4, 0.5) is 4.79 Å². The number of hydrogen-bond donors (Lipinski definition) is 0. The lowest BCUT2D eigenvalue weighted by Gasteiger charge is -2.36. The predicted octanol–water partition coefficient (Wildman–Crippen LogP) is 4.90. The van der Waals surface area contributed by atoms with Crippen molar-refractivity contribution >= 4 is 20.0 Å². The molecule has 0 bridgehead atoms. The summed E-state index contributed by atoms with van der Waals surface area (Å²) in [6, 6.07) is 7.89. The first-order valence-electron chi connectivity index (χ1n) is 9.06. The third-order valence-corrected chi connectivity index (χ3v) is 9.74. The molecule has 1 aromatic rings. The molecular weight excluding hydrogens is 346 g/mol. The highest BCUT2D eigenvalue weighted by molar-refractivity contribution is 6.74. The van der Waals surface area contributed by atoms with E-state index in [1.807, 2.05) is 30.5 Å². The van der Waals surface area contributed by atoms with Gasteiger partial charge in [0.1, 0.15) is 12.4 Å². The van der Waals surface area contributed by atoms with E-state index in [1.165, 1.54) is 0 Å². The van der Waals surface area contributed by atoms with Crippen LogP contribution in [0.3, 0.4) is 0 Å². The first-order valence-corrected chi connectivity index (χ1v) is 12.0. The summed E-state index contributed by atoms with van der Waals surface area (Å²) in [6.07, 6.45) is 2.34. The Morgan fingerprint density at radius 1 is 1.27 bits per heavy atom. The molecule has 0 aromatic heterocycles. The highest BCUT2D eigenvalue weighted by Gasteiger charge is 2.37. The van der Waals surface area contributed by atoms with Crippen LogP contribution in [0.1, 0.15) is 32.8 Å². The number of cyclic esters (lactones) is 1. The second-order valence-electron chi connectivity index (χ2n) is 8.05. The molecular formula is C20H31NO4Si. The summed E-state index contributed by atoms with van der Waals surface area (Å²) in [6.45, 7) is 12.9. The van der Waals surface area contributed by atoms with E-state index in [0.29, 0.717) is 19.8 Å². The van der Waals surface area contributed by atoms with E-state index in [9.17, 15) is 4.79 Å². The molecule has 26 heavy (non-hydrogen) atoms. The molecule has 2 rings (SSSR count). The molecule has 1 aromatic carbocycles. The average molecular weight is 378 g/mol. The van der Waals surface area contributed by atoms with Gasteiger partial charge in [-0.1, -0.05) is 32.9 Å². The number of methoxy groups -OCH3 is 1. The molecule has 0 unspecified atom stereocenters. The van der Waals surface area contributed by atoms with Crippen molar-refractivity contribution in [3.05, 3.63) is 36.0 Å². The van der Waals surface area contributed by atoms with Crippen molar-refractivity contribution in [3.8, 4) is 5.75 Å². The Morgan fingerprint density at radius 2 is 1.92 bits per heavy atom. The minimum absolute atomic E-state index is 0.176. The molecule has 1 amide bonds. The molecule has 0 atom stereocenters. The van der Waals surface area contributed by atoms with Crippen LogP contribution in [0.2, 0.25) is 18.1 Å². The molecule has 0 spiro atoms. The third-order valence-electron chi connectivity index (χ3n) is 5.21. The number of nitrogens with zero attached hydrogens (tertiary/aromatic N) is 1. The first-order chi connectivity index (χ1) is 12.1. The highest BCUT2D eigenvalue weighted by atomic mass is 28.4. The fourth-order valence-electron chi connectivity index (χ4n) is 2.43. The van der Waals surface area contributed by atoms with Gasteiger partial charge >= 0.3 is 6.09 Å². The minimum Gasteiger partial charge on any atom is -0.497 e. The van der Waals surface area contributed by atoms with E-state index in [0.717, 1.165) is 23.3 Å². The molecule has 144 valence electrons. The third kappa shape index (κ3) is 5.11. The lowest BCUT2D eigenvalue weighted by atomic mass is 10.0. The second-order valence-corrected chi connectivity index (χ2v) is 12.9. The number of carbonyl (C=O) groups is 1. The minimum atomic E-state index is -1.80. The van der Waals surface area contributed by atoms with Gasteiger partial charge in [0.2, 0.25) is 0 Å². The molecule has 1 aliphatic heterocycles. The standard InChI is InChI=1S/C20H31NO4Si/c1-20(2,3)26(5,6)25-13-11-17(15-21-12-14-24-19(21)22)16-7-9-18(23-4)10-8-16/h7-10,15H,11-14H2,1-6H3/b17-15+. The largest absolute Gasteiger partial charge is 0.497 e. The fourth-order valence-corrected chi connectivity index (χ4v) is 3.48. The summed E-state index contributed by atoms with van der Waals surface area (Å²) in [4.78, 5) is 13.5. The van der Waals surface area contributed by atoms with E-state index >= 15 is 0 Å². The van der Waals surface area contributed by atoms with E-state index in [1.54, 1.807) is 12.0 Å². The van der Waals surface area contributed by atoms with Crippen molar-refractivity contribution in [2.45, 2.75) is 45.3 Å². The SMILES string of the molecule is COc1ccc(/C(=C/N2CCOC2=O)CCO[Si](C)(C)C(C)(C)C)cc1. The van der Waals surface area contributed by atoms with Gasteiger partial charge in [0.05, 0.1) is 13.7 Å². The molecule has 0 aliphatic carbocycles. The molecule has 1 saturated heterocycles. The van der Waals surface area contributed by atoms with Crippen LogP contribution in [0.15, 0.2) is 30.5 Å². The summed E-state index contributed by atoms with van der Waals surface area (Å²) in [5, 5.41) is 0.176. The van der Waals surface area contributed by atoms with Crippen LogP contribution in [-0.2, 0) is 9.16 Å². The zero-order chi connectivity index (χ0) is 19.4. The lowest BCUT2D eigenvalue weighted by Crippen LogP contribution is -2.41. The average Bonchev–Trinajstić information content (AvgIpc) is 2.98. The molecule has 0 N–H and O–H groups in total. The lowest BCUT2D eigenvalue weighted by molar-refractivity contribution is 0.166. The van der Waals surface area contributed by atoms with E-state index in [2.05, 4.69) is 33.9 Å².